The SMILES string of the molecule is CC(=O)O/N=C(\CCSc1ccc(Cl)cc1)C(O)c1ccc(Sc2ccc(C(=O)c3ccccc3)cc2)cc1. The third-order valence-corrected chi connectivity index (χ3v) is 7.91. The first kappa shape index (κ1) is 28.6. The molecule has 0 saturated carbocycles. The van der Waals surface area contributed by atoms with Gasteiger partial charge in [0.15, 0.2) is 5.78 Å². The number of nitrogens with zero attached hydrogens (tertiary/aromatic N) is 1. The second-order valence-corrected chi connectivity index (χ2v) is 11.3. The molecule has 0 aliphatic heterocycles. The Morgan fingerprint density at radius 2 is 1.38 bits per heavy atom. The summed E-state index contributed by atoms with van der Waals surface area (Å²) in [5.41, 5.74) is 2.31. The summed E-state index contributed by atoms with van der Waals surface area (Å²) in [4.78, 5) is 31.8. The molecule has 0 spiro atoms. The van der Waals surface area contributed by atoms with Crippen LogP contribution in [-0.4, -0.2) is 28.3 Å². The van der Waals surface area contributed by atoms with Gasteiger partial charge >= 0.3 is 5.97 Å². The normalized spacial score (nSPS) is 12.1. The quantitative estimate of drug-likeness (QED) is 0.0645. The monoisotopic (exact) mass is 575 g/mol. The van der Waals surface area contributed by atoms with E-state index in [1.165, 1.54) is 6.92 Å². The van der Waals surface area contributed by atoms with Gasteiger partial charge in [0.1, 0.15) is 6.10 Å². The molecule has 0 aliphatic rings. The molecule has 39 heavy (non-hydrogen) atoms. The summed E-state index contributed by atoms with van der Waals surface area (Å²) >= 11 is 9.10. The summed E-state index contributed by atoms with van der Waals surface area (Å²) in [5, 5.41) is 15.6. The van der Waals surface area contributed by atoms with Crippen LogP contribution in [0.25, 0.3) is 0 Å². The smallest absolute Gasteiger partial charge is 0.331 e. The van der Waals surface area contributed by atoms with Crippen LogP contribution in [-0.2, 0) is 9.63 Å². The zero-order valence-corrected chi connectivity index (χ0v) is 23.5. The molecule has 4 aromatic carbocycles. The molecule has 0 amide bonds. The van der Waals surface area contributed by atoms with Crippen LogP contribution in [0, 0.1) is 0 Å². The van der Waals surface area contributed by atoms with E-state index in [2.05, 4.69) is 5.16 Å². The van der Waals surface area contributed by atoms with Crippen molar-refractivity contribution in [2.75, 3.05) is 5.75 Å². The highest BCUT2D eigenvalue weighted by Gasteiger charge is 2.17. The number of aliphatic hydroxyl groups excluding tert-OH is 1. The number of halogens is 1. The van der Waals surface area contributed by atoms with Gasteiger partial charge in [-0.25, -0.2) is 4.79 Å². The van der Waals surface area contributed by atoms with Gasteiger partial charge in [0.2, 0.25) is 0 Å². The molecule has 5 nitrogen and oxygen atoms in total. The minimum absolute atomic E-state index is 0.0109. The number of aliphatic hydroxyl groups is 1. The number of oxime groups is 1. The van der Waals surface area contributed by atoms with Crippen molar-refractivity contribution in [2.45, 2.75) is 34.1 Å². The summed E-state index contributed by atoms with van der Waals surface area (Å²) in [6.07, 6.45) is -0.593. The van der Waals surface area contributed by atoms with Gasteiger partial charge in [-0.05, 0) is 66.2 Å². The molecule has 0 bridgehead atoms. The lowest BCUT2D eigenvalue weighted by Gasteiger charge is -2.14. The van der Waals surface area contributed by atoms with Gasteiger partial charge in [-0.2, -0.15) is 0 Å². The molecule has 1 atom stereocenters. The van der Waals surface area contributed by atoms with Crippen LogP contribution in [0.1, 0.15) is 40.9 Å². The van der Waals surface area contributed by atoms with Gasteiger partial charge in [-0.1, -0.05) is 71.0 Å². The molecule has 0 heterocycles. The lowest BCUT2D eigenvalue weighted by molar-refractivity contribution is -0.141. The Kier molecular flexibility index (Phi) is 10.4. The fraction of sp³-hybridized carbons (Fsp3) is 0.129. The number of thioether (sulfide) groups is 1. The van der Waals surface area contributed by atoms with Crippen LogP contribution in [0.3, 0.4) is 0 Å². The van der Waals surface area contributed by atoms with Gasteiger partial charge in [-0.15, -0.1) is 11.8 Å². The predicted octanol–water partition coefficient (Wildman–Crippen LogP) is 7.86. The molecule has 4 rings (SSSR count). The van der Waals surface area contributed by atoms with Crippen molar-refractivity contribution in [3.05, 3.63) is 125 Å². The first-order valence-electron chi connectivity index (χ1n) is 12.2. The van der Waals surface area contributed by atoms with E-state index in [0.717, 1.165) is 14.7 Å². The number of hydrogen-bond donors (Lipinski definition) is 1. The van der Waals surface area contributed by atoms with Crippen molar-refractivity contribution in [3.63, 3.8) is 0 Å². The molecule has 198 valence electrons. The average molecular weight is 576 g/mol. The molecular weight excluding hydrogens is 550 g/mol. The number of hydrogen-bond acceptors (Lipinski definition) is 7. The molecule has 0 radical (unpaired) electrons. The molecule has 0 saturated heterocycles. The van der Waals surface area contributed by atoms with Gasteiger partial charge in [0.05, 0.1) is 5.71 Å². The third-order valence-electron chi connectivity index (χ3n) is 5.63. The number of carbonyl (C=O) groups excluding carboxylic acids is 2. The van der Waals surface area contributed by atoms with Crippen molar-refractivity contribution in [3.8, 4) is 0 Å². The number of rotatable bonds is 11. The zero-order chi connectivity index (χ0) is 27.6. The van der Waals surface area contributed by atoms with E-state index >= 15 is 0 Å². The molecule has 0 fully saturated rings. The summed E-state index contributed by atoms with van der Waals surface area (Å²) < 4.78 is 0. The van der Waals surface area contributed by atoms with Gasteiger partial charge < -0.3 is 9.94 Å². The molecule has 8 heteroatoms. The Bertz CT molecular complexity index is 1420. The standard InChI is InChI=1S/C31H26ClNO4S2/c1-21(34)37-33-29(19-20-38-26-17-11-25(32)12-18-26)31(36)24-9-15-28(16-10-24)39-27-13-7-23(8-14-27)30(35)22-5-3-2-4-6-22/h2-18,31,36H,19-20H2,1H3/b33-29+. The molecule has 1 unspecified atom stereocenters. The highest BCUT2D eigenvalue weighted by molar-refractivity contribution is 7.99. The van der Waals surface area contributed by atoms with Crippen molar-refractivity contribution < 1.29 is 19.5 Å². The van der Waals surface area contributed by atoms with Crippen molar-refractivity contribution >= 4 is 52.6 Å². The lowest BCUT2D eigenvalue weighted by Crippen LogP contribution is -2.14. The van der Waals surface area contributed by atoms with Crippen molar-refractivity contribution in [1.29, 1.82) is 0 Å². The van der Waals surface area contributed by atoms with Crippen LogP contribution >= 0.6 is 35.1 Å². The Labute approximate surface area is 241 Å². The maximum Gasteiger partial charge on any atom is 0.331 e. The molecule has 0 aliphatic carbocycles. The van der Waals surface area contributed by atoms with E-state index in [1.54, 1.807) is 23.5 Å². The number of carbonyl (C=O) groups is 2. The highest BCUT2D eigenvalue weighted by atomic mass is 35.5. The first-order chi connectivity index (χ1) is 18.9. The largest absolute Gasteiger partial charge is 0.382 e. The highest BCUT2D eigenvalue weighted by Crippen LogP contribution is 2.30. The van der Waals surface area contributed by atoms with Gasteiger partial charge in [0.25, 0.3) is 0 Å². The van der Waals surface area contributed by atoms with E-state index in [9.17, 15) is 14.7 Å². The molecule has 0 aromatic heterocycles. The van der Waals surface area contributed by atoms with E-state index in [-0.39, 0.29) is 5.78 Å². The maximum absolute atomic E-state index is 12.6. The van der Waals surface area contributed by atoms with Crippen LogP contribution < -0.4 is 0 Å². The number of ketones is 1. The van der Waals surface area contributed by atoms with Gasteiger partial charge in [-0.3, -0.25) is 4.79 Å². The van der Waals surface area contributed by atoms with Gasteiger partial charge in [0, 0.05) is 49.9 Å². The lowest BCUT2D eigenvalue weighted by atomic mass is 10.0. The van der Waals surface area contributed by atoms with Crippen LogP contribution in [0.4, 0.5) is 0 Å². The zero-order valence-electron chi connectivity index (χ0n) is 21.1. The van der Waals surface area contributed by atoms with E-state index < -0.39 is 12.1 Å². The minimum atomic E-state index is -1.02. The van der Waals surface area contributed by atoms with E-state index in [1.807, 2.05) is 103 Å². The third kappa shape index (κ3) is 8.57. The Hall–Kier alpha value is -3.36. The maximum atomic E-state index is 12.6. The Balaban J connectivity index is 1.38. The summed E-state index contributed by atoms with van der Waals surface area (Å²) in [5.74, 6) is 0.0757. The van der Waals surface area contributed by atoms with Crippen LogP contribution in [0.2, 0.25) is 5.02 Å². The van der Waals surface area contributed by atoms with E-state index in [0.29, 0.717) is 39.6 Å². The summed E-state index contributed by atoms with van der Waals surface area (Å²) in [6.45, 7) is 1.27. The topological polar surface area (TPSA) is 76.0 Å². The fourth-order valence-corrected chi connectivity index (χ4v) is 5.45. The fourth-order valence-electron chi connectivity index (χ4n) is 3.64. The first-order valence-corrected chi connectivity index (χ1v) is 14.4. The predicted molar refractivity (Wildman–Crippen MR) is 158 cm³/mol. The second-order valence-electron chi connectivity index (χ2n) is 8.51. The Morgan fingerprint density at radius 3 is 2.00 bits per heavy atom. The molecule has 1 N–H and O–H groups in total. The summed E-state index contributed by atoms with van der Waals surface area (Å²) in [6, 6.07) is 31.7. The van der Waals surface area contributed by atoms with Crippen molar-refractivity contribution in [1.82, 2.24) is 0 Å². The Morgan fingerprint density at radius 1 is 0.821 bits per heavy atom. The van der Waals surface area contributed by atoms with E-state index in [4.69, 9.17) is 16.4 Å². The number of benzene rings is 4. The summed E-state index contributed by atoms with van der Waals surface area (Å²) in [7, 11) is 0. The molecule has 4 aromatic rings. The minimum Gasteiger partial charge on any atom is -0.382 e. The van der Waals surface area contributed by atoms with Crippen LogP contribution in [0.5, 0.6) is 0 Å². The second kappa shape index (κ2) is 14.1. The average Bonchev–Trinajstić information content (AvgIpc) is 2.96. The van der Waals surface area contributed by atoms with Crippen LogP contribution in [0.15, 0.2) is 123 Å². The molecular formula is C31H26ClNO4S2. The van der Waals surface area contributed by atoms with Crippen molar-refractivity contribution in [2.24, 2.45) is 5.16 Å².